The normalized spacial score (nSPS) is 13.5. The third kappa shape index (κ3) is 3.95. The standard InChI is InChI=1S/C19H23NO2/c1-13-8-7-11-17(14(13)2)15(3)20-19(22)12-18(21)16-9-5-4-6-10-16/h4-11,15,18,21H,12H2,1-3H3,(H,20,22). The van der Waals surface area contributed by atoms with Gasteiger partial charge in [-0.1, -0.05) is 48.5 Å². The van der Waals surface area contributed by atoms with Crippen molar-refractivity contribution in [2.45, 2.75) is 39.3 Å². The fourth-order valence-corrected chi connectivity index (χ4v) is 2.59. The first-order valence-corrected chi connectivity index (χ1v) is 7.57. The van der Waals surface area contributed by atoms with E-state index in [4.69, 9.17) is 0 Å². The number of benzene rings is 2. The van der Waals surface area contributed by atoms with Crippen molar-refractivity contribution in [3.05, 3.63) is 70.8 Å². The van der Waals surface area contributed by atoms with Gasteiger partial charge in [0.15, 0.2) is 0 Å². The second-order valence-corrected chi connectivity index (χ2v) is 5.71. The summed E-state index contributed by atoms with van der Waals surface area (Å²) in [5.41, 5.74) is 4.28. The van der Waals surface area contributed by atoms with Crippen LogP contribution in [-0.2, 0) is 4.79 Å². The van der Waals surface area contributed by atoms with E-state index < -0.39 is 6.10 Å². The Morgan fingerprint density at radius 3 is 2.45 bits per heavy atom. The maximum Gasteiger partial charge on any atom is 0.223 e. The van der Waals surface area contributed by atoms with Crippen LogP contribution in [0.4, 0.5) is 0 Å². The van der Waals surface area contributed by atoms with Gasteiger partial charge >= 0.3 is 0 Å². The van der Waals surface area contributed by atoms with E-state index in [1.165, 1.54) is 11.1 Å². The van der Waals surface area contributed by atoms with E-state index in [0.29, 0.717) is 0 Å². The van der Waals surface area contributed by atoms with E-state index in [1.807, 2.05) is 49.4 Å². The number of hydrogen-bond acceptors (Lipinski definition) is 2. The first kappa shape index (κ1) is 16.2. The van der Waals surface area contributed by atoms with Crippen LogP contribution in [-0.4, -0.2) is 11.0 Å². The van der Waals surface area contributed by atoms with Gasteiger partial charge in [-0.2, -0.15) is 0 Å². The van der Waals surface area contributed by atoms with E-state index >= 15 is 0 Å². The molecule has 2 N–H and O–H groups in total. The van der Waals surface area contributed by atoms with Crippen LogP contribution >= 0.6 is 0 Å². The van der Waals surface area contributed by atoms with E-state index in [0.717, 1.165) is 11.1 Å². The van der Waals surface area contributed by atoms with Gasteiger partial charge in [0.1, 0.15) is 0 Å². The summed E-state index contributed by atoms with van der Waals surface area (Å²) in [7, 11) is 0. The molecule has 1 amide bonds. The van der Waals surface area contributed by atoms with Crippen molar-refractivity contribution in [1.82, 2.24) is 5.32 Å². The second-order valence-electron chi connectivity index (χ2n) is 5.71. The molecular formula is C19H23NO2. The van der Waals surface area contributed by atoms with Crippen LogP contribution < -0.4 is 5.32 Å². The number of rotatable bonds is 5. The Bertz CT molecular complexity index is 637. The van der Waals surface area contributed by atoms with Crippen LogP contribution in [0, 0.1) is 13.8 Å². The molecule has 0 aromatic heterocycles. The predicted octanol–water partition coefficient (Wildman–Crippen LogP) is 3.60. The second kappa shape index (κ2) is 7.23. The molecule has 0 aliphatic heterocycles. The minimum absolute atomic E-state index is 0.0687. The van der Waals surface area contributed by atoms with Gasteiger partial charge in [-0.05, 0) is 43.0 Å². The molecule has 0 bridgehead atoms. The molecule has 2 unspecified atom stereocenters. The highest BCUT2D eigenvalue weighted by molar-refractivity contribution is 5.77. The summed E-state index contributed by atoms with van der Waals surface area (Å²) in [5.74, 6) is -0.148. The number of aryl methyl sites for hydroxylation is 1. The molecule has 0 saturated carbocycles. The van der Waals surface area contributed by atoms with E-state index in [1.54, 1.807) is 0 Å². The van der Waals surface area contributed by atoms with E-state index in [-0.39, 0.29) is 18.4 Å². The first-order chi connectivity index (χ1) is 10.5. The van der Waals surface area contributed by atoms with Gasteiger partial charge in [-0.3, -0.25) is 4.79 Å². The van der Waals surface area contributed by atoms with E-state index in [9.17, 15) is 9.90 Å². The van der Waals surface area contributed by atoms with E-state index in [2.05, 4.69) is 25.2 Å². The monoisotopic (exact) mass is 297 g/mol. The number of nitrogens with one attached hydrogen (secondary N) is 1. The Morgan fingerprint density at radius 2 is 1.77 bits per heavy atom. The fraction of sp³-hybridized carbons (Fsp3) is 0.316. The SMILES string of the molecule is Cc1cccc(C(C)NC(=O)CC(O)c2ccccc2)c1C. The van der Waals surface area contributed by atoms with Crippen LogP contribution in [0.2, 0.25) is 0 Å². The quantitative estimate of drug-likeness (QED) is 0.886. The summed E-state index contributed by atoms with van der Waals surface area (Å²) >= 11 is 0. The van der Waals surface area contributed by atoms with Gasteiger partial charge in [0.25, 0.3) is 0 Å². The van der Waals surface area contributed by atoms with Gasteiger partial charge in [0.2, 0.25) is 5.91 Å². The van der Waals surface area contributed by atoms with Crippen molar-refractivity contribution >= 4 is 5.91 Å². The zero-order valence-electron chi connectivity index (χ0n) is 13.3. The summed E-state index contributed by atoms with van der Waals surface area (Å²) in [6, 6.07) is 15.3. The van der Waals surface area contributed by atoms with Crippen molar-refractivity contribution < 1.29 is 9.90 Å². The molecule has 0 radical (unpaired) electrons. The van der Waals surface area contributed by atoms with Gasteiger partial charge < -0.3 is 10.4 Å². The van der Waals surface area contributed by atoms with Crippen LogP contribution in [0.1, 0.15) is 47.7 Å². The van der Waals surface area contributed by atoms with Gasteiger partial charge in [0, 0.05) is 0 Å². The van der Waals surface area contributed by atoms with Crippen molar-refractivity contribution in [3.63, 3.8) is 0 Å². The fourth-order valence-electron chi connectivity index (χ4n) is 2.59. The van der Waals surface area contributed by atoms with Crippen molar-refractivity contribution in [3.8, 4) is 0 Å². The summed E-state index contributed by atoms with van der Waals surface area (Å²) in [5, 5.41) is 13.1. The zero-order valence-corrected chi connectivity index (χ0v) is 13.3. The highest BCUT2D eigenvalue weighted by Crippen LogP contribution is 2.21. The van der Waals surface area contributed by atoms with Crippen molar-refractivity contribution in [1.29, 1.82) is 0 Å². The molecule has 0 spiro atoms. The maximum atomic E-state index is 12.1. The van der Waals surface area contributed by atoms with Crippen LogP contribution in [0.15, 0.2) is 48.5 Å². The van der Waals surface area contributed by atoms with Gasteiger partial charge in [0.05, 0.1) is 18.6 Å². The highest BCUT2D eigenvalue weighted by Gasteiger charge is 2.16. The Balaban J connectivity index is 1.98. The number of carbonyl (C=O) groups is 1. The van der Waals surface area contributed by atoms with Crippen LogP contribution in [0.5, 0.6) is 0 Å². The average molecular weight is 297 g/mol. The number of aliphatic hydroxyl groups excluding tert-OH is 1. The lowest BCUT2D eigenvalue weighted by Crippen LogP contribution is -2.28. The molecule has 0 heterocycles. The Kier molecular flexibility index (Phi) is 5.34. The van der Waals surface area contributed by atoms with Crippen LogP contribution in [0.25, 0.3) is 0 Å². The molecule has 0 fully saturated rings. The number of carbonyl (C=O) groups excluding carboxylic acids is 1. The first-order valence-electron chi connectivity index (χ1n) is 7.57. The average Bonchev–Trinajstić information content (AvgIpc) is 2.50. The zero-order chi connectivity index (χ0) is 16.1. The third-order valence-electron chi connectivity index (χ3n) is 4.05. The summed E-state index contributed by atoms with van der Waals surface area (Å²) < 4.78 is 0. The topological polar surface area (TPSA) is 49.3 Å². The Hall–Kier alpha value is -2.13. The molecule has 3 heteroatoms. The summed E-state index contributed by atoms with van der Waals surface area (Å²) in [6.07, 6.45) is -0.703. The molecule has 0 saturated heterocycles. The van der Waals surface area contributed by atoms with Gasteiger partial charge in [-0.25, -0.2) is 0 Å². The maximum absolute atomic E-state index is 12.1. The lowest BCUT2D eigenvalue weighted by atomic mass is 9.98. The largest absolute Gasteiger partial charge is 0.388 e. The molecule has 3 nitrogen and oxygen atoms in total. The molecular weight excluding hydrogens is 274 g/mol. The van der Waals surface area contributed by atoms with Crippen molar-refractivity contribution in [2.24, 2.45) is 0 Å². The minimum Gasteiger partial charge on any atom is -0.388 e. The molecule has 0 aliphatic rings. The molecule has 116 valence electrons. The highest BCUT2D eigenvalue weighted by atomic mass is 16.3. The lowest BCUT2D eigenvalue weighted by Gasteiger charge is -2.19. The third-order valence-corrected chi connectivity index (χ3v) is 4.05. The Labute approximate surface area is 132 Å². The molecule has 2 aromatic carbocycles. The smallest absolute Gasteiger partial charge is 0.223 e. The molecule has 2 aromatic rings. The number of hydrogen-bond donors (Lipinski definition) is 2. The molecule has 22 heavy (non-hydrogen) atoms. The van der Waals surface area contributed by atoms with Crippen LogP contribution in [0.3, 0.4) is 0 Å². The van der Waals surface area contributed by atoms with Gasteiger partial charge in [-0.15, -0.1) is 0 Å². The molecule has 2 atom stereocenters. The summed E-state index contributed by atoms with van der Waals surface area (Å²) in [6.45, 7) is 6.09. The Morgan fingerprint density at radius 1 is 1.09 bits per heavy atom. The predicted molar refractivity (Wildman–Crippen MR) is 88.5 cm³/mol. The number of amides is 1. The van der Waals surface area contributed by atoms with Crippen molar-refractivity contribution in [2.75, 3.05) is 0 Å². The summed E-state index contributed by atoms with van der Waals surface area (Å²) in [4.78, 5) is 12.1. The molecule has 0 aliphatic carbocycles. The minimum atomic E-state index is -0.771. The number of aliphatic hydroxyl groups is 1. The molecule has 2 rings (SSSR count). The lowest BCUT2D eigenvalue weighted by molar-refractivity contribution is -0.123.